The Bertz CT molecular complexity index is 1220. The van der Waals surface area contributed by atoms with Gasteiger partial charge in [-0.1, -0.05) is 125 Å². The summed E-state index contributed by atoms with van der Waals surface area (Å²) < 4.78 is 6.68. The van der Waals surface area contributed by atoms with Crippen molar-refractivity contribution in [2.75, 3.05) is 7.11 Å². The Morgan fingerprint density at radius 3 is 1.78 bits per heavy atom. The Morgan fingerprint density at radius 2 is 1.22 bits per heavy atom. The molecule has 160 valence electrons. The van der Waals surface area contributed by atoms with E-state index < -0.39 is 8.07 Å². The quantitative estimate of drug-likeness (QED) is 0.196. The Balaban J connectivity index is 2.15. The van der Waals surface area contributed by atoms with Crippen molar-refractivity contribution >= 4 is 40.0 Å². The van der Waals surface area contributed by atoms with E-state index in [9.17, 15) is 0 Å². The minimum absolute atomic E-state index is 0.850. The highest BCUT2D eigenvalue weighted by Gasteiger charge is 2.33. The van der Waals surface area contributed by atoms with Gasteiger partial charge in [-0.3, -0.25) is 0 Å². The number of ether oxygens (including phenoxy) is 1. The van der Waals surface area contributed by atoms with Gasteiger partial charge in [-0.15, -0.1) is 0 Å². The van der Waals surface area contributed by atoms with E-state index in [1.54, 1.807) is 7.11 Å². The molecule has 32 heavy (non-hydrogen) atoms. The van der Waals surface area contributed by atoms with Crippen molar-refractivity contribution in [3.05, 3.63) is 130 Å². The Hall–Kier alpha value is -2.88. The van der Waals surface area contributed by atoms with Crippen molar-refractivity contribution in [2.24, 2.45) is 0 Å². The highest BCUT2D eigenvalue weighted by molar-refractivity contribution is 9.10. The highest BCUT2D eigenvalue weighted by atomic mass is 79.9. The van der Waals surface area contributed by atoms with Gasteiger partial charge < -0.3 is 4.74 Å². The van der Waals surface area contributed by atoms with Gasteiger partial charge in [0.1, 0.15) is 13.8 Å². The lowest BCUT2D eigenvalue weighted by molar-refractivity contribution is 0.414. The highest BCUT2D eigenvalue weighted by Crippen LogP contribution is 2.41. The first-order valence-corrected chi connectivity index (χ1v) is 14.6. The van der Waals surface area contributed by atoms with Gasteiger partial charge in [0.2, 0.25) is 0 Å². The molecule has 0 aliphatic rings. The minimum atomic E-state index is -2.11. The fraction of sp³-hybridized carbons (Fsp3) is 0.103. The van der Waals surface area contributed by atoms with Crippen LogP contribution >= 0.6 is 15.9 Å². The molecular formula is C29H27BrOSi. The van der Waals surface area contributed by atoms with Gasteiger partial charge in [0.25, 0.3) is 0 Å². The molecule has 0 saturated carbocycles. The van der Waals surface area contributed by atoms with Crippen LogP contribution in [0.5, 0.6) is 5.75 Å². The molecule has 0 heterocycles. The molecule has 0 aliphatic carbocycles. The van der Waals surface area contributed by atoms with Gasteiger partial charge in [-0.25, -0.2) is 0 Å². The van der Waals surface area contributed by atoms with Gasteiger partial charge in [0, 0.05) is 10.0 Å². The maximum absolute atomic E-state index is 5.62. The minimum Gasteiger partial charge on any atom is -0.497 e. The summed E-state index contributed by atoms with van der Waals surface area (Å²) in [5, 5.41) is 2.82. The monoisotopic (exact) mass is 498 g/mol. The summed E-state index contributed by atoms with van der Waals surface area (Å²) >= 11 is 3.85. The molecule has 0 amide bonds. The normalized spacial score (nSPS) is 12.2. The van der Waals surface area contributed by atoms with Gasteiger partial charge in [0.05, 0.1) is 7.11 Å². The fourth-order valence-electron chi connectivity index (χ4n) is 4.28. The van der Waals surface area contributed by atoms with Crippen LogP contribution in [0.1, 0.15) is 16.7 Å². The number of hydrogen-bond donors (Lipinski definition) is 0. The van der Waals surface area contributed by atoms with Gasteiger partial charge >= 0.3 is 0 Å². The zero-order valence-corrected chi connectivity index (χ0v) is 21.3. The molecule has 3 heteroatoms. The summed E-state index contributed by atoms with van der Waals surface area (Å²) in [5.74, 6) is 0.850. The summed E-state index contributed by atoms with van der Waals surface area (Å²) in [6.07, 6.45) is 0. The van der Waals surface area contributed by atoms with Crippen molar-refractivity contribution in [1.29, 1.82) is 0 Å². The van der Waals surface area contributed by atoms with Crippen molar-refractivity contribution in [2.45, 2.75) is 13.1 Å². The summed E-state index contributed by atoms with van der Waals surface area (Å²) in [6.45, 7) is 4.89. The van der Waals surface area contributed by atoms with Crippen LogP contribution in [0.3, 0.4) is 0 Å². The second-order valence-electron chi connectivity index (χ2n) is 8.32. The third kappa shape index (κ3) is 4.50. The molecule has 0 saturated heterocycles. The molecule has 0 aromatic heterocycles. The number of benzene rings is 4. The zero-order valence-electron chi connectivity index (χ0n) is 18.7. The molecule has 0 atom stereocenters. The molecule has 0 bridgehead atoms. The van der Waals surface area contributed by atoms with Crippen LogP contribution in [0.4, 0.5) is 0 Å². The van der Waals surface area contributed by atoms with E-state index in [0.29, 0.717) is 0 Å². The van der Waals surface area contributed by atoms with Crippen LogP contribution in [0, 0.1) is 0 Å². The van der Waals surface area contributed by atoms with E-state index in [1.807, 2.05) is 6.07 Å². The summed E-state index contributed by atoms with van der Waals surface area (Å²) in [6, 6.07) is 38.7. The van der Waals surface area contributed by atoms with E-state index in [-0.39, 0.29) is 0 Å². The third-order valence-electron chi connectivity index (χ3n) is 5.94. The SMILES string of the molecule is COc1ccc(Br)c(/C(=C(/c2ccccc2)[Si](C)(C)c2ccccc2)c2ccccc2)c1. The van der Waals surface area contributed by atoms with E-state index in [0.717, 1.165) is 15.8 Å². The molecule has 0 aliphatic heterocycles. The number of hydrogen-bond acceptors (Lipinski definition) is 1. The van der Waals surface area contributed by atoms with Crippen LogP contribution in [0.25, 0.3) is 10.8 Å². The van der Waals surface area contributed by atoms with E-state index in [2.05, 4.69) is 132 Å². The average Bonchev–Trinajstić information content (AvgIpc) is 2.84. The topological polar surface area (TPSA) is 9.23 Å². The van der Waals surface area contributed by atoms with Crippen molar-refractivity contribution in [3.8, 4) is 5.75 Å². The lowest BCUT2D eigenvalue weighted by Crippen LogP contribution is -2.43. The van der Waals surface area contributed by atoms with E-state index >= 15 is 0 Å². The summed E-state index contributed by atoms with van der Waals surface area (Å²) in [5.41, 5.74) is 4.87. The number of halogens is 1. The van der Waals surface area contributed by atoms with E-state index in [1.165, 1.54) is 27.1 Å². The lowest BCUT2D eigenvalue weighted by Gasteiger charge is -2.31. The molecule has 4 aromatic rings. The maximum Gasteiger partial charge on any atom is 0.119 e. The number of methoxy groups -OCH3 is 1. The smallest absolute Gasteiger partial charge is 0.119 e. The standard InChI is InChI=1S/C29H27BrOSi/c1-31-24-19-20-27(30)26(21-24)28(22-13-7-4-8-14-22)29(23-15-9-5-10-16-23)32(2,3)25-17-11-6-12-18-25/h4-21H,1-3H3/b29-28-. The van der Waals surface area contributed by atoms with Crippen molar-refractivity contribution in [1.82, 2.24) is 0 Å². The Labute approximate surface area is 200 Å². The molecule has 1 nitrogen and oxygen atoms in total. The molecule has 4 rings (SSSR count). The maximum atomic E-state index is 5.62. The molecule has 0 N–H and O–H groups in total. The second kappa shape index (κ2) is 9.72. The van der Waals surface area contributed by atoms with Crippen LogP contribution in [-0.4, -0.2) is 15.2 Å². The van der Waals surface area contributed by atoms with Crippen LogP contribution < -0.4 is 9.92 Å². The zero-order chi connectivity index (χ0) is 22.6. The predicted octanol–water partition coefficient (Wildman–Crippen LogP) is 7.57. The fourth-order valence-corrected chi connectivity index (χ4v) is 7.84. The Morgan fingerprint density at radius 1 is 0.688 bits per heavy atom. The van der Waals surface area contributed by atoms with Crippen LogP contribution in [-0.2, 0) is 0 Å². The van der Waals surface area contributed by atoms with Gasteiger partial charge in [0.15, 0.2) is 0 Å². The third-order valence-corrected chi connectivity index (χ3v) is 10.2. The first kappa shape index (κ1) is 22.3. The molecule has 0 spiro atoms. The van der Waals surface area contributed by atoms with Crippen LogP contribution in [0.15, 0.2) is 114 Å². The molecule has 4 aromatic carbocycles. The van der Waals surface area contributed by atoms with Crippen molar-refractivity contribution in [3.63, 3.8) is 0 Å². The first-order valence-electron chi connectivity index (χ1n) is 10.8. The predicted molar refractivity (Wildman–Crippen MR) is 143 cm³/mol. The average molecular weight is 500 g/mol. The largest absolute Gasteiger partial charge is 0.497 e. The summed E-state index contributed by atoms with van der Waals surface area (Å²) in [4.78, 5) is 0. The Kier molecular flexibility index (Phi) is 6.78. The number of rotatable bonds is 6. The molecular weight excluding hydrogens is 472 g/mol. The van der Waals surface area contributed by atoms with E-state index in [4.69, 9.17) is 4.74 Å². The first-order chi connectivity index (χ1) is 15.5. The lowest BCUT2D eigenvalue weighted by atomic mass is 9.95. The van der Waals surface area contributed by atoms with Gasteiger partial charge in [-0.05, 0) is 40.1 Å². The molecule has 0 radical (unpaired) electrons. The second-order valence-corrected chi connectivity index (χ2v) is 13.5. The van der Waals surface area contributed by atoms with Crippen molar-refractivity contribution < 1.29 is 4.74 Å². The van der Waals surface area contributed by atoms with Crippen LogP contribution in [0.2, 0.25) is 13.1 Å². The molecule has 0 fully saturated rings. The van der Waals surface area contributed by atoms with Gasteiger partial charge in [-0.2, -0.15) is 0 Å². The summed E-state index contributed by atoms with van der Waals surface area (Å²) in [7, 11) is -0.389. The molecule has 0 unspecified atom stereocenters.